The average Bonchev–Trinajstić information content (AvgIpc) is 3.30. The number of urea groups is 1. The van der Waals surface area contributed by atoms with E-state index in [1.54, 1.807) is 35.4 Å². The minimum absolute atomic E-state index is 0.0769. The number of anilines is 1. The summed E-state index contributed by atoms with van der Waals surface area (Å²) in [6.45, 7) is 6.79. The Morgan fingerprint density at radius 3 is 2.39 bits per heavy atom. The van der Waals surface area contributed by atoms with E-state index in [0.717, 1.165) is 22.4 Å². The number of benzene rings is 2. The fourth-order valence-corrected chi connectivity index (χ4v) is 3.50. The fraction of sp³-hybridized carbons (Fsp3) is 0.308. The Bertz CT molecular complexity index is 1060. The zero-order valence-electron chi connectivity index (χ0n) is 19.3. The standard InChI is InChI=1S/C26H30FN3O3/c1-4-14-29(26(32)28-24-9-5-7-19(2)20(24)3)18-25(31)30(17-23-8-6-15-33-23)16-21-10-12-22(27)13-11-21/h5-13,15H,4,14,16-18H2,1-3H3,(H,28,32). The smallest absolute Gasteiger partial charge is 0.322 e. The van der Waals surface area contributed by atoms with Crippen molar-refractivity contribution in [1.82, 2.24) is 9.80 Å². The Balaban J connectivity index is 1.75. The van der Waals surface area contributed by atoms with Crippen LogP contribution < -0.4 is 5.32 Å². The Morgan fingerprint density at radius 1 is 0.970 bits per heavy atom. The molecule has 1 aromatic heterocycles. The van der Waals surface area contributed by atoms with Crippen molar-refractivity contribution in [2.24, 2.45) is 0 Å². The number of carbonyl (C=O) groups is 2. The minimum Gasteiger partial charge on any atom is -0.467 e. The zero-order valence-corrected chi connectivity index (χ0v) is 19.3. The molecule has 3 amide bonds. The molecule has 0 saturated heterocycles. The van der Waals surface area contributed by atoms with E-state index in [-0.39, 0.29) is 37.4 Å². The van der Waals surface area contributed by atoms with Crippen molar-refractivity contribution in [3.63, 3.8) is 0 Å². The van der Waals surface area contributed by atoms with Crippen LogP contribution in [-0.4, -0.2) is 34.8 Å². The Kier molecular flexibility index (Phi) is 8.24. The van der Waals surface area contributed by atoms with E-state index in [2.05, 4.69) is 5.32 Å². The normalized spacial score (nSPS) is 10.7. The third-order valence-corrected chi connectivity index (χ3v) is 5.52. The van der Waals surface area contributed by atoms with E-state index >= 15 is 0 Å². The summed E-state index contributed by atoms with van der Waals surface area (Å²) in [6, 6.07) is 15.0. The third-order valence-electron chi connectivity index (χ3n) is 5.52. The molecule has 6 nitrogen and oxygen atoms in total. The van der Waals surface area contributed by atoms with Gasteiger partial charge < -0.3 is 19.5 Å². The number of halogens is 1. The van der Waals surface area contributed by atoms with Crippen LogP contribution in [0.1, 0.15) is 35.8 Å². The van der Waals surface area contributed by atoms with Gasteiger partial charge in [0.25, 0.3) is 0 Å². The van der Waals surface area contributed by atoms with Crippen LogP contribution in [-0.2, 0) is 17.9 Å². The van der Waals surface area contributed by atoms with Crippen LogP contribution >= 0.6 is 0 Å². The second kappa shape index (κ2) is 11.3. The molecular weight excluding hydrogens is 421 g/mol. The molecule has 0 unspecified atom stereocenters. The molecular formula is C26H30FN3O3. The predicted molar refractivity (Wildman–Crippen MR) is 126 cm³/mol. The lowest BCUT2D eigenvalue weighted by Crippen LogP contribution is -2.44. The van der Waals surface area contributed by atoms with E-state index in [0.29, 0.717) is 18.7 Å². The topological polar surface area (TPSA) is 65.8 Å². The van der Waals surface area contributed by atoms with Crippen LogP contribution in [0.3, 0.4) is 0 Å². The molecule has 1 heterocycles. The third kappa shape index (κ3) is 6.68. The Morgan fingerprint density at radius 2 is 1.73 bits per heavy atom. The zero-order chi connectivity index (χ0) is 23.8. The van der Waals surface area contributed by atoms with Gasteiger partial charge >= 0.3 is 6.03 Å². The van der Waals surface area contributed by atoms with Crippen molar-refractivity contribution in [3.05, 3.63) is 89.1 Å². The summed E-state index contributed by atoms with van der Waals surface area (Å²) in [5.41, 5.74) is 3.59. The molecule has 33 heavy (non-hydrogen) atoms. The summed E-state index contributed by atoms with van der Waals surface area (Å²) in [6.07, 6.45) is 2.26. The molecule has 3 rings (SSSR count). The molecule has 1 N–H and O–H groups in total. The molecule has 0 atom stereocenters. The van der Waals surface area contributed by atoms with Gasteiger partial charge in [-0.1, -0.05) is 31.2 Å². The minimum atomic E-state index is -0.333. The van der Waals surface area contributed by atoms with Gasteiger partial charge in [0, 0.05) is 18.8 Å². The maximum absolute atomic E-state index is 13.3. The highest BCUT2D eigenvalue weighted by Crippen LogP contribution is 2.19. The van der Waals surface area contributed by atoms with E-state index in [1.807, 2.05) is 39.0 Å². The van der Waals surface area contributed by atoms with Gasteiger partial charge in [0.1, 0.15) is 18.1 Å². The van der Waals surface area contributed by atoms with Gasteiger partial charge in [-0.05, 0) is 67.3 Å². The lowest BCUT2D eigenvalue weighted by Gasteiger charge is -2.27. The van der Waals surface area contributed by atoms with Crippen molar-refractivity contribution in [2.45, 2.75) is 40.3 Å². The summed E-state index contributed by atoms with van der Waals surface area (Å²) in [5.74, 6) is 0.0764. The molecule has 2 aromatic carbocycles. The average molecular weight is 452 g/mol. The van der Waals surface area contributed by atoms with Gasteiger partial charge in [0.2, 0.25) is 5.91 Å². The van der Waals surface area contributed by atoms with E-state index in [9.17, 15) is 14.0 Å². The summed E-state index contributed by atoms with van der Waals surface area (Å²) in [5, 5.41) is 2.94. The molecule has 3 aromatic rings. The number of carbonyl (C=O) groups excluding carboxylic acids is 2. The van der Waals surface area contributed by atoms with Crippen molar-refractivity contribution in [3.8, 4) is 0 Å². The largest absolute Gasteiger partial charge is 0.467 e. The number of aryl methyl sites for hydroxylation is 1. The van der Waals surface area contributed by atoms with Gasteiger partial charge in [-0.15, -0.1) is 0 Å². The molecule has 0 aliphatic rings. The monoisotopic (exact) mass is 451 g/mol. The summed E-state index contributed by atoms with van der Waals surface area (Å²) < 4.78 is 18.7. The molecule has 0 fully saturated rings. The van der Waals surface area contributed by atoms with Gasteiger partial charge in [0.05, 0.1) is 12.8 Å². The second-order valence-electron chi connectivity index (χ2n) is 8.05. The maximum atomic E-state index is 13.3. The quantitative estimate of drug-likeness (QED) is 0.467. The summed E-state index contributed by atoms with van der Waals surface area (Å²) in [4.78, 5) is 29.4. The highest BCUT2D eigenvalue weighted by atomic mass is 19.1. The number of amides is 3. The molecule has 0 radical (unpaired) electrons. The van der Waals surface area contributed by atoms with Gasteiger partial charge in [-0.3, -0.25) is 4.79 Å². The number of hydrogen-bond donors (Lipinski definition) is 1. The molecule has 0 aliphatic carbocycles. The van der Waals surface area contributed by atoms with Crippen LogP contribution in [0.25, 0.3) is 0 Å². The number of nitrogens with zero attached hydrogens (tertiary/aromatic N) is 2. The highest BCUT2D eigenvalue weighted by molar-refractivity contribution is 5.93. The predicted octanol–water partition coefficient (Wildman–Crippen LogP) is 5.51. The summed E-state index contributed by atoms with van der Waals surface area (Å²) >= 11 is 0. The first-order chi connectivity index (χ1) is 15.9. The van der Waals surface area contributed by atoms with E-state index in [1.165, 1.54) is 17.0 Å². The fourth-order valence-electron chi connectivity index (χ4n) is 3.50. The van der Waals surface area contributed by atoms with Crippen molar-refractivity contribution in [1.29, 1.82) is 0 Å². The van der Waals surface area contributed by atoms with Crippen LogP contribution in [0.2, 0.25) is 0 Å². The van der Waals surface area contributed by atoms with Crippen LogP contribution in [0.4, 0.5) is 14.9 Å². The number of nitrogens with one attached hydrogen (secondary N) is 1. The first kappa shape index (κ1) is 24.0. The molecule has 7 heteroatoms. The van der Waals surface area contributed by atoms with Gasteiger partial charge in [-0.2, -0.15) is 0 Å². The molecule has 0 bridgehead atoms. The van der Waals surface area contributed by atoms with Crippen LogP contribution in [0.5, 0.6) is 0 Å². The molecule has 0 saturated carbocycles. The van der Waals surface area contributed by atoms with E-state index in [4.69, 9.17) is 4.42 Å². The maximum Gasteiger partial charge on any atom is 0.322 e. The number of rotatable bonds is 9. The second-order valence-corrected chi connectivity index (χ2v) is 8.05. The lowest BCUT2D eigenvalue weighted by molar-refractivity contribution is -0.133. The number of hydrogen-bond acceptors (Lipinski definition) is 3. The Hall–Kier alpha value is -3.61. The summed E-state index contributed by atoms with van der Waals surface area (Å²) in [7, 11) is 0. The highest BCUT2D eigenvalue weighted by Gasteiger charge is 2.22. The first-order valence-electron chi connectivity index (χ1n) is 11.0. The van der Waals surface area contributed by atoms with Crippen LogP contribution in [0, 0.1) is 19.7 Å². The molecule has 174 valence electrons. The number of furan rings is 1. The lowest BCUT2D eigenvalue weighted by atomic mass is 10.1. The molecule has 0 aliphatic heterocycles. The van der Waals surface area contributed by atoms with Crippen LogP contribution in [0.15, 0.2) is 65.3 Å². The van der Waals surface area contributed by atoms with E-state index < -0.39 is 0 Å². The SMILES string of the molecule is CCCN(CC(=O)N(Cc1ccc(F)cc1)Cc1ccco1)C(=O)Nc1cccc(C)c1C. The van der Waals surface area contributed by atoms with Crippen molar-refractivity contribution < 1.29 is 18.4 Å². The Labute approximate surface area is 194 Å². The first-order valence-corrected chi connectivity index (χ1v) is 11.0. The van der Waals surface area contributed by atoms with Crippen molar-refractivity contribution in [2.75, 3.05) is 18.4 Å². The van der Waals surface area contributed by atoms with Gasteiger partial charge in [-0.25, -0.2) is 9.18 Å². The van der Waals surface area contributed by atoms with Gasteiger partial charge in [0.15, 0.2) is 0 Å². The molecule has 0 spiro atoms. The van der Waals surface area contributed by atoms with Crippen molar-refractivity contribution >= 4 is 17.6 Å².